The van der Waals surface area contributed by atoms with E-state index in [1.165, 1.54) is 13.8 Å². The molecule has 0 aliphatic carbocycles. The van der Waals surface area contributed by atoms with Gasteiger partial charge in [-0.2, -0.15) is 13.2 Å². The largest absolute Gasteiger partial charge is 0.481 e. The zero-order valence-corrected chi connectivity index (χ0v) is 11.4. The minimum atomic E-state index is -4.82. The van der Waals surface area contributed by atoms with Crippen LogP contribution in [0.2, 0.25) is 0 Å². The first-order chi connectivity index (χ1) is 7.29. The third kappa shape index (κ3) is 5.10. The van der Waals surface area contributed by atoms with Gasteiger partial charge in [-0.15, -0.1) is 11.6 Å². The lowest BCUT2D eigenvalue weighted by molar-refractivity contribution is -0.144. The maximum Gasteiger partial charge on any atom is 0.421 e. The van der Waals surface area contributed by atoms with Crippen molar-refractivity contribution in [3.8, 4) is 0 Å². The van der Waals surface area contributed by atoms with E-state index in [4.69, 9.17) is 39.9 Å². The third-order valence-corrected chi connectivity index (χ3v) is 3.79. The minimum Gasteiger partial charge on any atom is -0.481 e. The molecule has 1 atom stereocenters. The second-order valence-corrected chi connectivity index (χ2v) is 6.44. The number of aliphatic carboxylic acids is 1. The lowest BCUT2D eigenvalue weighted by Gasteiger charge is -2.33. The monoisotopic (exact) mass is 314 g/mol. The van der Waals surface area contributed by atoms with Crippen molar-refractivity contribution in [3.63, 3.8) is 0 Å². The first-order valence-corrected chi connectivity index (χ1v) is 5.79. The Kier molecular flexibility index (Phi) is 5.45. The summed E-state index contributed by atoms with van der Waals surface area (Å²) in [4.78, 5) is 10.5. The Hall–Kier alpha value is 0.130. The number of alkyl halides is 6. The van der Waals surface area contributed by atoms with Crippen LogP contribution in [0.1, 0.15) is 26.7 Å². The topological polar surface area (TPSA) is 37.3 Å². The zero-order valence-electron chi connectivity index (χ0n) is 9.11. The van der Waals surface area contributed by atoms with E-state index < -0.39 is 33.7 Å². The molecule has 0 saturated heterocycles. The Morgan fingerprint density at radius 3 is 2.00 bits per heavy atom. The Bertz CT molecular complexity index is 290. The van der Waals surface area contributed by atoms with E-state index in [-0.39, 0.29) is 6.42 Å². The number of carboxylic acids is 1. The summed E-state index contributed by atoms with van der Waals surface area (Å²) in [6.07, 6.45) is -5.97. The standard InChI is InChI=1S/C9H12Cl3F3O2/c1-7(2,4-6(16)17)5(10)3-8(11,12)9(13,14)15/h5H,3-4H2,1-2H3,(H,16,17). The highest BCUT2D eigenvalue weighted by molar-refractivity contribution is 6.49. The predicted molar refractivity (Wildman–Crippen MR) is 60.8 cm³/mol. The molecule has 0 rings (SSSR count). The molecule has 17 heavy (non-hydrogen) atoms. The summed E-state index contributed by atoms with van der Waals surface area (Å²) in [7, 11) is 0. The van der Waals surface area contributed by atoms with Crippen LogP contribution < -0.4 is 0 Å². The number of hydrogen-bond acceptors (Lipinski definition) is 1. The molecule has 0 radical (unpaired) electrons. The van der Waals surface area contributed by atoms with Crippen LogP contribution >= 0.6 is 34.8 Å². The van der Waals surface area contributed by atoms with Gasteiger partial charge in [0.25, 0.3) is 0 Å². The third-order valence-electron chi connectivity index (χ3n) is 2.31. The van der Waals surface area contributed by atoms with Crippen molar-refractivity contribution in [1.29, 1.82) is 0 Å². The summed E-state index contributed by atoms with van der Waals surface area (Å²) in [5, 5.41) is 7.49. The van der Waals surface area contributed by atoms with Gasteiger partial charge in [0.1, 0.15) is 0 Å². The molecule has 0 amide bonds. The fourth-order valence-corrected chi connectivity index (χ4v) is 1.89. The maximum absolute atomic E-state index is 12.4. The summed E-state index contributed by atoms with van der Waals surface area (Å²) in [6.45, 7) is 2.89. The normalized spacial score (nSPS) is 15.8. The summed E-state index contributed by atoms with van der Waals surface area (Å²) in [5.74, 6) is -1.15. The van der Waals surface area contributed by atoms with Crippen LogP contribution in [0.5, 0.6) is 0 Å². The van der Waals surface area contributed by atoms with Crippen molar-refractivity contribution in [2.45, 2.75) is 42.6 Å². The zero-order chi connectivity index (χ0) is 14.1. The van der Waals surface area contributed by atoms with Crippen LogP contribution in [-0.4, -0.2) is 27.0 Å². The smallest absolute Gasteiger partial charge is 0.421 e. The van der Waals surface area contributed by atoms with E-state index in [1.807, 2.05) is 0 Å². The number of halogens is 6. The molecule has 0 fully saturated rings. The van der Waals surface area contributed by atoms with Gasteiger partial charge in [0.05, 0.1) is 6.42 Å². The maximum atomic E-state index is 12.4. The number of carboxylic acid groups (broad SMARTS) is 1. The molecule has 0 bridgehead atoms. The van der Waals surface area contributed by atoms with Crippen LogP contribution in [-0.2, 0) is 4.79 Å². The van der Waals surface area contributed by atoms with E-state index in [1.54, 1.807) is 0 Å². The summed E-state index contributed by atoms with van der Waals surface area (Å²) in [5.41, 5.74) is -1.05. The van der Waals surface area contributed by atoms with E-state index in [0.717, 1.165) is 0 Å². The van der Waals surface area contributed by atoms with Gasteiger partial charge in [-0.05, 0) is 5.41 Å². The molecule has 2 nitrogen and oxygen atoms in total. The molecule has 0 heterocycles. The first kappa shape index (κ1) is 17.1. The van der Waals surface area contributed by atoms with E-state index in [9.17, 15) is 18.0 Å². The molecular weight excluding hydrogens is 303 g/mol. The molecule has 0 aliphatic heterocycles. The lowest BCUT2D eigenvalue weighted by Crippen LogP contribution is -2.40. The molecule has 0 aromatic heterocycles. The number of rotatable bonds is 5. The quantitative estimate of drug-likeness (QED) is 0.771. The fourth-order valence-electron chi connectivity index (χ4n) is 1.12. The SMILES string of the molecule is CC(C)(CC(=O)O)C(Cl)CC(Cl)(Cl)C(F)(F)F. The van der Waals surface area contributed by atoms with Crippen molar-refractivity contribution in [3.05, 3.63) is 0 Å². The van der Waals surface area contributed by atoms with Crippen LogP contribution in [0.4, 0.5) is 13.2 Å². The highest BCUT2D eigenvalue weighted by atomic mass is 35.5. The van der Waals surface area contributed by atoms with Crippen molar-refractivity contribution in [2.75, 3.05) is 0 Å². The summed E-state index contributed by atoms with van der Waals surface area (Å²) in [6, 6.07) is 0. The van der Waals surface area contributed by atoms with E-state index >= 15 is 0 Å². The van der Waals surface area contributed by atoms with E-state index in [0.29, 0.717) is 0 Å². The van der Waals surface area contributed by atoms with Gasteiger partial charge >= 0.3 is 12.1 Å². The second-order valence-electron chi connectivity index (χ2n) is 4.43. The predicted octanol–water partition coefficient (Wildman–Crippen LogP) is 4.22. The van der Waals surface area contributed by atoms with Crippen molar-refractivity contribution in [2.24, 2.45) is 5.41 Å². The number of hydrogen-bond donors (Lipinski definition) is 1. The van der Waals surface area contributed by atoms with Crippen LogP contribution in [0.25, 0.3) is 0 Å². The highest BCUT2D eigenvalue weighted by Crippen LogP contribution is 2.47. The second kappa shape index (κ2) is 5.41. The average molecular weight is 316 g/mol. The van der Waals surface area contributed by atoms with Crippen LogP contribution in [0.15, 0.2) is 0 Å². The highest BCUT2D eigenvalue weighted by Gasteiger charge is 2.54. The van der Waals surface area contributed by atoms with Gasteiger partial charge in [-0.1, -0.05) is 37.0 Å². The summed E-state index contributed by atoms with van der Waals surface area (Å²) >= 11 is 16.1. The Balaban J connectivity index is 4.75. The van der Waals surface area contributed by atoms with Gasteiger partial charge in [0.2, 0.25) is 4.33 Å². The van der Waals surface area contributed by atoms with Crippen LogP contribution in [0.3, 0.4) is 0 Å². The van der Waals surface area contributed by atoms with Crippen molar-refractivity contribution < 1.29 is 23.1 Å². The van der Waals surface area contributed by atoms with Gasteiger partial charge in [0, 0.05) is 11.8 Å². The molecule has 1 unspecified atom stereocenters. The average Bonchev–Trinajstić information content (AvgIpc) is 1.97. The van der Waals surface area contributed by atoms with Gasteiger partial charge in [-0.3, -0.25) is 4.79 Å². The van der Waals surface area contributed by atoms with Crippen molar-refractivity contribution >= 4 is 40.8 Å². The van der Waals surface area contributed by atoms with Gasteiger partial charge in [0.15, 0.2) is 0 Å². The lowest BCUT2D eigenvalue weighted by atomic mass is 9.83. The number of carbonyl (C=O) groups is 1. The minimum absolute atomic E-state index is 0.372. The summed E-state index contributed by atoms with van der Waals surface area (Å²) < 4.78 is 34.2. The Morgan fingerprint density at radius 2 is 1.71 bits per heavy atom. The molecule has 8 heteroatoms. The Labute approximate surface area is 112 Å². The fraction of sp³-hybridized carbons (Fsp3) is 0.889. The molecular formula is C9H12Cl3F3O2. The van der Waals surface area contributed by atoms with Gasteiger partial charge < -0.3 is 5.11 Å². The molecule has 0 spiro atoms. The molecule has 102 valence electrons. The molecule has 0 aliphatic rings. The van der Waals surface area contributed by atoms with Crippen LogP contribution in [0, 0.1) is 5.41 Å². The van der Waals surface area contributed by atoms with Gasteiger partial charge in [-0.25, -0.2) is 0 Å². The molecule has 0 aromatic rings. The first-order valence-electron chi connectivity index (χ1n) is 4.60. The van der Waals surface area contributed by atoms with Crippen molar-refractivity contribution in [1.82, 2.24) is 0 Å². The molecule has 0 aromatic carbocycles. The molecule has 0 saturated carbocycles. The Morgan fingerprint density at radius 1 is 1.29 bits per heavy atom. The van der Waals surface area contributed by atoms with E-state index in [2.05, 4.69) is 0 Å². The molecule has 1 N–H and O–H groups in total.